The molecule has 4 aromatic heterocycles. The minimum atomic E-state index is -2.08. The van der Waals surface area contributed by atoms with Crippen LogP contribution in [0, 0.1) is 0 Å². The van der Waals surface area contributed by atoms with Crippen molar-refractivity contribution in [2.45, 2.75) is 64.0 Å². The highest BCUT2D eigenvalue weighted by atomic mass is 32.2. The molecule has 1 atom stereocenters. The Morgan fingerprint density at radius 1 is 1.23 bits per heavy atom. The van der Waals surface area contributed by atoms with Crippen molar-refractivity contribution in [3.8, 4) is 11.3 Å². The maximum atomic E-state index is 12.3. The molecule has 0 aromatic carbocycles. The van der Waals surface area contributed by atoms with Crippen molar-refractivity contribution < 1.29 is 4.21 Å². The summed E-state index contributed by atoms with van der Waals surface area (Å²) < 4.78 is 14.4. The highest BCUT2D eigenvalue weighted by Crippen LogP contribution is 2.40. The zero-order valence-corrected chi connectivity index (χ0v) is 22.1. The maximum Gasteiger partial charge on any atom is 0.140 e. The first-order chi connectivity index (χ1) is 16.7. The monoisotopic (exact) mass is 491 g/mol. The number of H-pyrrole nitrogens is 1. The Morgan fingerprint density at radius 3 is 2.69 bits per heavy atom. The van der Waals surface area contributed by atoms with E-state index in [0.29, 0.717) is 30.2 Å². The van der Waals surface area contributed by atoms with Gasteiger partial charge in [-0.15, -0.1) is 0 Å². The van der Waals surface area contributed by atoms with E-state index in [1.54, 1.807) is 6.26 Å². The smallest absolute Gasteiger partial charge is 0.140 e. The van der Waals surface area contributed by atoms with Gasteiger partial charge in [0.05, 0.1) is 16.7 Å². The first kappa shape index (κ1) is 24.1. The van der Waals surface area contributed by atoms with Gasteiger partial charge in [0.2, 0.25) is 0 Å². The molecular weight excluding hydrogens is 454 g/mol. The third-order valence-corrected chi connectivity index (χ3v) is 8.55. The molecule has 0 radical (unpaired) electrons. The summed E-state index contributed by atoms with van der Waals surface area (Å²) in [5.74, 6) is 5.19. The fourth-order valence-corrected chi connectivity index (χ4v) is 6.15. The number of aromatic amines is 1. The Hall–Kier alpha value is -2.64. The average molecular weight is 492 g/mol. The van der Waals surface area contributed by atoms with Gasteiger partial charge in [0.1, 0.15) is 5.65 Å². The lowest BCUT2D eigenvalue weighted by atomic mass is 9.84. The molecule has 2 N–H and O–H groups in total. The van der Waals surface area contributed by atoms with Crippen LogP contribution in [0.5, 0.6) is 0 Å². The molecule has 5 rings (SSSR count). The van der Waals surface area contributed by atoms with Gasteiger partial charge in [-0.3, -0.25) is 9.19 Å². The van der Waals surface area contributed by atoms with Crippen molar-refractivity contribution in [3.05, 3.63) is 47.9 Å². The van der Waals surface area contributed by atoms with E-state index in [4.69, 9.17) is 4.98 Å². The number of fused-ring (bicyclic) bond motifs is 2. The van der Waals surface area contributed by atoms with E-state index in [-0.39, 0.29) is 0 Å². The molecule has 186 valence electrons. The molecule has 35 heavy (non-hydrogen) atoms. The number of nitrogens with one attached hydrogen (secondary N) is 2. The fourth-order valence-electron chi connectivity index (χ4n) is 5.56. The summed E-state index contributed by atoms with van der Waals surface area (Å²) in [5, 5.41) is 4.53. The molecule has 0 spiro atoms. The minimum absolute atomic E-state index is 0.311. The Bertz CT molecular complexity index is 1460. The van der Waals surface area contributed by atoms with E-state index in [1.807, 2.05) is 12.3 Å². The fraction of sp³-hybridized carbons (Fsp3) is 0.464. The number of nitrogens with zero attached hydrogens (tertiary/aromatic N) is 3. The lowest BCUT2D eigenvalue weighted by Gasteiger charge is -2.27. The van der Waals surface area contributed by atoms with Gasteiger partial charge in [-0.25, -0.2) is 4.98 Å². The predicted molar refractivity (Wildman–Crippen MR) is 149 cm³/mol. The Labute approximate surface area is 208 Å². The number of hydrogen-bond acceptors (Lipinski definition) is 4. The Morgan fingerprint density at radius 2 is 2.00 bits per heavy atom. The zero-order valence-electron chi connectivity index (χ0n) is 21.3. The van der Waals surface area contributed by atoms with Crippen molar-refractivity contribution in [1.82, 2.24) is 24.8 Å². The van der Waals surface area contributed by atoms with E-state index in [9.17, 15) is 4.21 Å². The van der Waals surface area contributed by atoms with Crippen LogP contribution in [0.4, 0.5) is 0 Å². The highest BCUT2D eigenvalue weighted by molar-refractivity contribution is 7.99. The van der Waals surface area contributed by atoms with E-state index in [1.165, 1.54) is 36.9 Å². The number of hydrogen-bond donors (Lipinski definition) is 2. The van der Waals surface area contributed by atoms with Gasteiger partial charge in [-0.1, -0.05) is 13.8 Å². The van der Waals surface area contributed by atoms with Crippen LogP contribution in [0.1, 0.15) is 62.6 Å². The topological polar surface area (TPSA) is 75.6 Å². The molecule has 1 saturated carbocycles. The van der Waals surface area contributed by atoms with Gasteiger partial charge in [-0.05, 0) is 78.3 Å². The van der Waals surface area contributed by atoms with Gasteiger partial charge in [0.25, 0.3) is 0 Å². The standard InChI is InChI=1S/C28H37N5OS/c1-18(2)25-26(22-17-33(15-16-35(4,5)34)28-21(22)7-6-14-30-28)32-24-13-12-23(31-27(24)25)19-8-10-20(29-3)11-9-19/h6-7,12-14,17-20,29,32H,4,8-11,15-16H2,1-3,5H3. The summed E-state index contributed by atoms with van der Waals surface area (Å²) in [6.07, 6.45) is 10.5. The molecule has 0 aliphatic heterocycles. The molecule has 1 fully saturated rings. The SMILES string of the molecule is C=S(C)(=O)CCn1cc(-c2[nH]c3ccc(C4CCC(NC)CC4)nc3c2C(C)C)c2cccnc21. The van der Waals surface area contributed by atoms with E-state index >= 15 is 0 Å². The van der Waals surface area contributed by atoms with Crippen LogP contribution in [0.15, 0.2) is 36.7 Å². The van der Waals surface area contributed by atoms with Gasteiger partial charge in [0, 0.05) is 65.1 Å². The van der Waals surface area contributed by atoms with E-state index in [0.717, 1.165) is 33.3 Å². The first-order valence-electron chi connectivity index (χ1n) is 12.7. The van der Waals surface area contributed by atoms with Crippen LogP contribution in [0.3, 0.4) is 0 Å². The molecule has 7 heteroatoms. The van der Waals surface area contributed by atoms with Crippen molar-refractivity contribution in [1.29, 1.82) is 0 Å². The number of pyridine rings is 2. The van der Waals surface area contributed by atoms with Crippen molar-refractivity contribution in [2.75, 3.05) is 19.1 Å². The summed E-state index contributed by atoms with van der Waals surface area (Å²) in [6.45, 7) is 5.11. The van der Waals surface area contributed by atoms with Gasteiger partial charge in [-0.2, -0.15) is 0 Å². The predicted octanol–water partition coefficient (Wildman–Crippen LogP) is 5.29. The molecule has 4 heterocycles. The summed E-state index contributed by atoms with van der Waals surface area (Å²) >= 11 is 0. The number of aryl methyl sites for hydroxylation is 1. The second-order valence-electron chi connectivity index (χ2n) is 10.5. The Balaban J connectivity index is 1.60. The first-order valence-corrected chi connectivity index (χ1v) is 15.0. The molecule has 6 nitrogen and oxygen atoms in total. The normalized spacial score (nSPS) is 20.6. The van der Waals surface area contributed by atoms with E-state index in [2.05, 4.69) is 71.0 Å². The van der Waals surface area contributed by atoms with Crippen LogP contribution in [-0.4, -0.2) is 54.7 Å². The number of rotatable bonds is 7. The molecule has 0 amide bonds. The quantitative estimate of drug-likeness (QED) is 0.344. The molecule has 1 aliphatic rings. The minimum Gasteiger partial charge on any atom is -0.353 e. The summed E-state index contributed by atoms with van der Waals surface area (Å²) in [5.41, 5.74) is 7.79. The molecule has 4 aromatic rings. The summed E-state index contributed by atoms with van der Waals surface area (Å²) in [4.78, 5) is 13.6. The largest absolute Gasteiger partial charge is 0.353 e. The van der Waals surface area contributed by atoms with Crippen LogP contribution in [0.2, 0.25) is 0 Å². The summed E-state index contributed by atoms with van der Waals surface area (Å²) in [6, 6.07) is 9.17. The third-order valence-electron chi connectivity index (χ3n) is 7.50. The van der Waals surface area contributed by atoms with Crippen LogP contribution >= 0.6 is 0 Å². The number of aromatic nitrogens is 4. The van der Waals surface area contributed by atoms with Crippen molar-refractivity contribution in [2.24, 2.45) is 0 Å². The third kappa shape index (κ3) is 4.76. The van der Waals surface area contributed by atoms with E-state index < -0.39 is 9.52 Å². The Kier molecular flexibility index (Phi) is 6.49. The van der Waals surface area contributed by atoms with Crippen molar-refractivity contribution in [3.63, 3.8) is 0 Å². The van der Waals surface area contributed by atoms with Crippen LogP contribution < -0.4 is 5.32 Å². The summed E-state index contributed by atoms with van der Waals surface area (Å²) in [7, 11) is -0.0125. The molecule has 0 saturated heterocycles. The molecule has 0 bridgehead atoms. The van der Waals surface area contributed by atoms with Gasteiger partial charge in [0.15, 0.2) is 0 Å². The van der Waals surface area contributed by atoms with Gasteiger partial charge >= 0.3 is 0 Å². The molecular formula is C28H37N5OS. The van der Waals surface area contributed by atoms with Crippen molar-refractivity contribution >= 4 is 37.5 Å². The highest BCUT2D eigenvalue weighted by Gasteiger charge is 2.25. The van der Waals surface area contributed by atoms with Crippen LogP contribution in [-0.2, 0) is 16.1 Å². The van der Waals surface area contributed by atoms with Gasteiger partial charge < -0.3 is 14.9 Å². The zero-order chi connectivity index (χ0) is 24.7. The van der Waals surface area contributed by atoms with Crippen LogP contribution in [0.25, 0.3) is 33.3 Å². The molecule has 1 unspecified atom stereocenters. The lowest BCUT2D eigenvalue weighted by molar-refractivity contribution is 0.355. The second kappa shape index (κ2) is 9.43. The molecule has 1 aliphatic carbocycles. The lowest BCUT2D eigenvalue weighted by Crippen LogP contribution is -2.29. The maximum absolute atomic E-state index is 12.3. The average Bonchev–Trinajstić information content (AvgIpc) is 3.40. The second-order valence-corrected chi connectivity index (χ2v) is 13.3.